The number of imidazole rings is 1. The van der Waals surface area contributed by atoms with E-state index in [2.05, 4.69) is 10.3 Å². The molecule has 0 saturated carbocycles. The number of fused-ring (bicyclic) bond motifs is 2. The number of benzene rings is 2. The van der Waals surface area contributed by atoms with Gasteiger partial charge in [-0.1, -0.05) is 48.5 Å². The summed E-state index contributed by atoms with van der Waals surface area (Å²) in [7, 11) is 0. The van der Waals surface area contributed by atoms with Crippen molar-refractivity contribution in [2.45, 2.75) is 19.9 Å². The zero-order valence-corrected chi connectivity index (χ0v) is 17.5. The third kappa shape index (κ3) is 3.54. The highest BCUT2D eigenvalue weighted by atomic mass is 16.2. The van der Waals surface area contributed by atoms with Gasteiger partial charge in [0, 0.05) is 24.7 Å². The summed E-state index contributed by atoms with van der Waals surface area (Å²) in [5.74, 6) is 0.412. The van der Waals surface area contributed by atoms with Crippen LogP contribution in [0.4, 0.5) is 5.82 Å². The van der Waals surface area contributed by atoms with Crippen LogP contribution in [0, 0.1) is 6.92 Å². The van der Waals surface area contributed by atoms with Crippen LogP contribution in [0.1, 0.15) is 12.0 Å². The molecule has 3 heterocycles. The van der Waals surface area contributed by atoms with Crippen LogP contribution in [-0.4, -0.2) is 24.8 Å². The zero-order chi connectivity index (χ0) is 22.1. The molecule has 158 valence electrons. The molecule has 3 aromatic heterocycles. The van der Waals surface area contributed by atoms with E-state index in [1.807, 2.05) is 66.1 Å². The van der Waals surface area contributed by atoms with Gasteiger partial charge in [0.1, 0.15) is 17.2 Å². The fourth-order valence-corrected chi connectivity index (χ4v) is 3.80. The Labute approximate surface area is 184 Å². The van der Waals surface area contributed by atoms with Gasteiger partial charge in [-0.05, 0) is 30.7 Å². The summed E-state index contributed by atoms with van der Waals surface area (Å²) in [4.78, 5) is 34.7. The first-order valence-electron chi connectivity index (χ1n) is 10.4. The van der Waals surface area contributed by atoms with Gasteiger partial charge in [0.15, 0.2) is 0 Å². The van der Waals surface area contributed by atoms with Crippen LogP contribution >= 0.6 is 0 Å². The van der Waals surface area contributed by atoms with E-state index in [-0.39, 0.29) is 24.4 Å². The first-order valence-corrected chi connectivity index (χ1v) is 10.4. The number of nitrogens with zero attached hydrogens (tertiary/aromatic N) is 4. The summed E-state index contributed by atoms with van der Waals surface area (Å²) in [6.07, 6.45) is 3.51. The van der Waals surface area contributed by atoms with Crippen LogP contribution < -0.4 is 10.9 Å². The lowest BCUT2D eigenvalue weighted by Crippen LogP contribution is -2.24. The average Bonchev–Trinajstić information content (AvgIpc) is 3.19. The van der Waals surface area contributed by atoms with E-state index in [0.717, 1.165) is 16.8 Å². The van der Waals surface area contributed by atoms with Crippen LogP contribution in [-0.2, 0) is 11.3 Å². The molecule has 0 bridgehead atoms. The van der Waals surface area contributed by atoms with E-state index < -0.39 is 0 Å². The maximum absolute atomic E-state index is 12.9. The fraction of sp³-hybridized carbons (Fsp3) is 0.120. The second-order valence-electron chi connectivity index (χ2n) is 7.62. The Kier molecular flexibility index (Phi) is 4.99. The number of carbonyl (C=O) groups is 1. The van der Waals surface area contributed by atoms with Gasteiger partial charge in [0.2, 0.25) is 5.91 Å². The van der Waals surface area contributed by atoms with Crippen molar-refractivity contribution in [2.24, 2.45) is 0 Å². The number of carbonyl (C=O) groups excluding carboxylic acids is 1. The van der Waals surface area contributed by atoms with Crippen molar-refractivity contribution in [1.29, 1.82) is 0 Å². The summed E-state index contributed by atoms with van der Waals surface area (Å²) in [6, 6.07) is 20.9. The highest BCUT2D eigenvalue weighted by molar-refractivity contribution is 5.94. The van der Waals surface area contributed by atoms with Gasteiger partial charge in [-0.3, -0.25) is 18.6 Å². The van der Waals surface area contributed by atoms with E-state index in [0.29, 0.717) is 22.4 Å². The standard InChI is InChI=1S/C25H21N5O2/c1-17-8-7-14-30-23(17)28-22(18-9-3-2-4-10-18)24(30)27-21(31)13-15-29-16-26-20-12-6-5-11-19(20)25(29)32/h2-12,14,16H,13,15H2,1H3,(H,27,31). The summed E-state index contributed by atoms with van der Waals surface area (Å²) < 4.78 is 3.36. The molecule has 0 radical (unpaired) electrons. The molecule has 0 saturated heterocycles. The third-order valence-corrected chi connectivity index (χ3v) is 5.46. The van der Waals surface area contributed by atoms with Crippen LogP contribution in [0.25, 0.3) is 27.8 Å². The monoisotopic (exact) mass is 423 g/mol. The molecular weight excluding hydrogens is 402 g/mol. The van der Waals surface area contributed by atoms with Crippen LogP contribution in [0.2, 0.25) is 0 Å². The van der Waals surface area contributed by atoms with Crippen molar-refractivity contribution < 1.29 is 4.79 Å². The molecular formula is C25H21N5O2. The summed E-state index contributed by atoms with van der Waals surface area (Å²) in [5.41, 5.74) is 3.92. The van der Waals surface area contributed by atoms with E-state index in [4.69, 9.17) is 4.98 Å². The Morgan fingerprint density at radius 2 is 1.78 bits per heavy atom. The maximum Gasteiger partial charge on any atom is 0.261 e. The molecule has 5 aromatic rings. The largest absolute Gasteiger partial charge is 0.310 e. The van der Waals surface area contributed by atoms with Gasteiger partial charge in [-0.2, -0.15) is 0 Å². The highest BCUT2D eigenvalue weighted by Gasteiger charge is 2.17. The van der Waals surface area contributed by atoms with Gasteiger partial charge in [-0.25, -0.2) is 9.97 Å². The van der Waals surface area contributed by atoms with Crippen molar-refractivity contribution >= 4 is 28.3 Å². The van der Waals surface area contributed by atoms with Gasteiger partial charge in [0.05, 0.1) is 17.2 Å². The molecule has 0 fully saturated rings. The second kappa shape index (κ2) is 8.11. The summed E-state index contributed by atoms with van der Waals surface area (Å²) in [6.45, 7) is 2.22. The number of aryl methyl sites for hydroxylation is 2. The molecule has 2 aromatic carbocycles. The first-order chi connectivity index (χ1) is 15.6. The zero-order valence-electron chi connectivity index (χ0n) is 17.5. The Hall–Kier alpha value is -4.26. The molecule has 0 atom stereocenters. The Bertz CT molecular complexity index is 1500. The number of rotatable bonds is 5. The highest BCUT2D eigenvalue weighted by Crippen LogP contribution is 2.29. The smallest absolute Gasteiger partial charge is 0.261 e. The van der Waals surface area contributed by atoms with Gasteiger partial charge >= 0.3 is 0 Å². The average molecular weight is 423 g/mol. The number of amides is 1. The maximum atomic E-state index is 12.9. The number of para-hydroxylation sites is 1. The SMILES string of the molecule is Cc1cccn2c(NC(=O)CCn3cnc4ccccc4c3=O)c(-c3ccccc3)nc12. The van der Waals surface area contributed by atoms with Crippen LogP contribution in [0.3, 0.4) is 0 Å². The lowest BCUT2D eigenvalue weighted by molar-refractivity contribution is -0.116. The molecule has 1 amide bonds. The van der Waals surface area contributed by atoms with Crippen molar-refractivity contribution in [3.8, 4) is 11.3 Å². The van der Waals surface area contributed by atoms with Crippen molar-refractivity contribution in [3.05, 3.63) is 95.2 Å². The molecule has 0 unspecified atom stereocenters. The van der Waals surface area contributed by atoms with E-state index in [1.54, 1.807) is 18.2 Å². The van der Waals surface area contributed by atoms with Crippen molar-refractivity contribution in [2.75, 3.05) is 5.32 Å². The molecule has 7 nitrogen and oxygen atoms in total. The minimum absolute atomic E-state index is 0.132. The molecule has 0 spiro atoms. The normalized spacial score (nSPS) is 11.2. The van der Waals surface area contributed by atoms with Gasteiger partial charge in [0.25, 0.3) is 5.56 Å². The number of anilines is 1. The quantitative estimate of drug-likeness (QED) is 0.462. The van der Waals surface area contributed by atoms with Crippen LogP contribution in [0.15, 0.2) is 84.0 Å². The van der Waals surface area contributed by atoms with E-state index in [9.17, 15) is 9.59 Å². The minimum Gasteiger partial charge on any atom is -0.310 e. The van der Waals surface area contributed by atoms with Gasteiger partial charge < -0.3 is 5.32 Å². The lowest BCUT2D eigenvalue weighted by Gasteiger charge is -2.09. The molecule has 0 aliphatic carbocycles. The number of hydrogen-bond donors (Lipinski definition) is 1. The molecule has 7 heteroatoms. The molecule has 1 N–H and O–H groups in total. The molecule has 5 rings (SSSR count). The van der Waals surface area contributed by atoms with Crippen LogP contribution in [0.5, 0.6) is 0 Å². The number of aromatic nitrogens is 4. The van der Waals surface area contributed by atoms with Crippen molar-refractivity contribution in [3.63, 3.8) is 0 Å². The van der Waals surface area contributed by atoms with E-state index >= 15 is 0 Å². The molecule has 0 aliphatic rings. The van der Waals surface area contributed by atoms with E-state index in [1.165, 1.54) is 10.9 Å². The Morgan fingerprint density at radius 3 is 2.62 bits per heavy atom. The number of nitrogens with one attached hydrogen (secondary N) is 1. The Balaban J connectivity index is 1.43. The topological polar surface area (TPSA) is 81.3 Å². The number of hydrogen-bond acceptors (Lipinski definition) is 4. The summed E-state index contributed by atoms with van der Waals surface area (Å²) in [5, 5.41) is 3.55. The third-order valence-electron chi connectivity index (χ3n) is 5.46. The first kappa shape index (κ1) is 19.7. The predicted molar refractivity (Wildman–Crippen MR) is 125 cm³/mol. The van der Waals surface area contributed by atoms with Crippen molar-refractivity contribution in [1.82, 2.24) is 18.9 Å². The summed E-state index contributed by atoms with van der Waals surface area (Å²) >= 11 is 0. The van der Waals surface area contributed by atoms with Gasteiger partial charge in [-0.15, -0.1) is 0 Å². The second-order valence-corrected chi connectivity index (χ2v) is 7.62. The number of pyridine rings is 1. The molecule has 32 heavy (non-hydrogen) atoms. The fourth-order valence-electron chi connectivity index (χ4n) is 3.80. The Morgan fingerprint density at radius 1 is 1.00 bits per heavy atom. The predicted octanol–water partition coefficient (Wildman–Crippen LogP) is 4.05. The lowest BCUT2D eigenvalue weighted by atomic mass is 10.1. The minimum atomic E-state index is -0.203. The molecule has 0 aliphatic heterocycles.